The van der Waals surface area contributed by atoms with Gasteiger partial charge in [-0.15, -0.1) is 6.58 Å². The Bertz CT molecular complexity index is 1330. The van der Waals surface area contributed by atoms with Gasteiger partial charge < -0.3 is 5.73 Å². The molecule has 1 amide bonds. The number of hydroxylamine groups is 2. The smallest absolute Gasteiger partial charge is 0.277 e. The quantitative estimate of drug-likeness (QED) is 0.274. The van der Waals surface area contributed by atoms with Gasteiger partial charge in [-0.3, -0.25) is 19.3 Å². The van der Waals surface area contributed by atoms with E-state index in [1.54, 1.807) is 24.4 Å². The number of amides is 1. The van der Waals surface area contributed by atoms with Gasteiger partial charge in [0.2, 0.25) is 0 Å². The summed E-state index contributed by atoms with van der Waals surface area (Å²) in [4.78, 5) is 28.1. The summed E-state index contributed by atoms with van der Waals surface area (Å²) in [5.74, 6) is 0.164. The number of aryl methyl sites for hydroxylation is 2. The first-order chi connectivity index (χ1) is 16.0. The molecule has 0 atom stereocenters. The lowest BCUT2D eigenvalue weighted by Crippen LogP contribution is -2.31. The van der Waals surface area contributed by atoms with Gasteiger partial charge in [0.25, 0.3) is 5.91 Å². The summed E-state index contributed by atoms with van der Waals surface area (Å²) < 4.78 is 2.78. The Morgan fingerprint density at radius 3 is 2.79 bits per heavy atom. The summed E-state index contributed by atoms with van der Waals surface area (Å²) in [5.41, 5.74) is 9.95. The third-order valence-electron chi connectivity index (χ3n) is 5.32. The van der Waals surface area contributed by atoms with Gasteiger partial charge in [0.15, 0.2) is 0 Å². The molecule has 2 N–H and O–H groups in total. The molecule has 0 aliphatic heterocycles. The summed E-state index contributed by atoms with van der Waals surface area (Å²) in [6, 6.07) is 9.08. The van der Waals surface area contributed by atoms with E-state index in [2.05, 4.69) is 32.5 Å². The zero-order valence-corrected chi connectivity index (χ0v) is 20.2. The van der Waals surface area contributed by atoms with Crippen molar-refractivity contribution in [3.8, 4) is 0 Å². The number of fused-ring (bicyclic) bond motifs is 3. The highest BCUT2D eigenvalue weighted by molar-refractivity contribution is 9.10. The van der Waals surface area contributed by atoms with E-state index in [4.69, 9.17) is 15.7 Å². The lowest BCUT2D eigenvalue weighted by Gasteiger charge is -2.21. The fourth-order valence-electron chi connectivity index (χ4n) is 3.78. The number of nitrogen functional groups attached to an aromatic ring is 1. The first-order valence-corrected chi connectivity index (χ1v) is 11.5. The van der Waals surface area contributed by atoms with Crippen LogP contribution in [-0.4, -0.2) is 37.3 Å². The summed E-state index contributed by atoms with van der Waals surface area (Å²) in [6.45, 7) is 8.81. The van der Waals surface area contributed by atoms with Gasteiger partial charge >= 0.3 is 0 Å². The molecule has 0 radical (unpaired) electrons. The van der Waals surface area contributed by atoms with Crippen LogP contribution in [0.3, 0.4) is 0 Å². The predicted octanol–water partition coefficient (Wildman–Crippen LogP) is 4.67. The Morgan fingerprint density at radius 1 is 1.30 bits per heavy atom. The number of nitrogens with zero attached hydrogens (tertiary/aromatic N) is 5. The zero-order chi connectivity index (χ0) is 23.5. The van der Waals surface area contributed by atoms with Crippen molar-refractivity contribution in [2.75, 3.05) is 12.3 Å². The number of benzene rings is 1. The molecular formula is C24H25BrN6O2. The van der Waals surface area contributed by atoms with E-state index >= 15 is 0 Å². The number of pyridine rings is 2. The maximum atomic E-state index is 13.4. The second kappa shape index (κ2) is 9.68. The minimum Gasteiger partial charge on any atom is -0.383 e. The number of aromatic nitrogens is 4. The number of anilines is 1. The average Bonchev–Trinajstić information content (AvgIpc) is 3.22. The minimum atomic E-state index is -0.285. The molecular weight excluding hydrogens is 484 g/mol. The van der Waals surface area contributed by atoms with Gasteiger partial charge in [-0.05, 0) is 59.6 Å². The number of carbonyl (C=O) groups excluding carboxylic acids is 1. The van der Waals surface area contributed by atoms with Crippen LogP contribution in [0.1, 0.15) is 35.6 Å². The van der Waals surface area contributed by atoms with Gasteiger partial charge in [0, 0.05) is 28.2 Å². The van der Waals surface area contributed by atoms with Crippen LogP contribution in [0.2, 0.25) is 0 Å². The number of hydrogen-bond acceptors (Lipinski definition) is 6. The van der Waals surface area contributed by atoms with E-state index in [9.17, 15) is 4.79 Å². The van der Waals surface area contributed by atoms with Gasteiger partial charge in [-0.25, -0.2) is 10.0 Å². The van der Waals surface area contributed by atoms with Crippen LogP contribution in [0, 0.1) is 0 Å². The highest BCUT2D eigenvalue weighted by atomic mass is 79.9. The largest absolute Gasteiger partial charge is 0.383 e. The molecule has 4 rings (SSSR count). The van der Waals surface area contributed by atoms with Crippen LogP contribution >= 0.6 is 15.9 Å². The van der Waals surface area contributed by atoms with Crippen LogP contribution < -0.4 is 5.73 Å². The van der Waals surface area contributed by atoms with Crippen molar-refractivity contribution in [1.29, 1.82) is 0 Å². The van der Waals surface area contributed by atoms with E-state index in [0.717, 1.165) is 32.9 Å². The van der Waals surface area contributed by atoms with Gasteiger partial charge in [-0.1, -0.05) is 13.0 Å². The summed E-state index contributed by atoms with van der Waals surface area (Å²) in [5, 5.41) is 7.67. The number of carbonyl (C=O) groups is 1. The summed E-state index contributed by atoms with van der Waals surface area (Å²) in [6.07, 6.45) is 4.02. The molecule has 1 aromatic carbocycles. The standard InChI is InChI=1S/C24H25BrN6O2/c1-4-11-33-31(14-17-9-8-16(25)13-27-17)24(32)15-7-10-20-18(12-15)22-21(23(26)28-20)19(5-2)29-30(22)6-3/h4,7-10,12-13H,1,5-6,11,14H2,2-3H3,(H2,26,28). The van der Waals surface area contributed by atoms with Gasteiger partial charge in [-0.2, -0.15) is 5.10 Å². The van der Waals surface area contributed by atoms with E-state index in [1.807, 2.05) is 36.7 Å². The first-order valence-electron chi connectivity index (χ1n) is 10.7. The molecule has 0 bridgehead atoms. The van der Waals surface area contributed by atoms with Gasteiger partial charge in [0.05, 0.1) is 41.0 Å². The molecule has 0 spiro atoms. The van der Waals surface area contributed by atoms with Crippen molar-refractivity contribution >= 4 is 49.5 Å². The van der Waals surface area contributed by atoms with Crippen molar-refractivity contribution in [2.24, 2.45) is 0 Å². The third-order valence-corrected chi connectivity index (χ3v) is 5.79. The SMILES string of the molecule is C=CCON(Cc1ccc(Br)cn1)C(=O)c1ccc2nc(N)c3c(CC)nn(CC)c3c2c1. The lowest BCUT2D eigenvalue weighted by atomic mass is 10.1. The lowest BCUT2D eigenvalue weighted by molar-refractivity contribution is -0.119. The Morgan fingerprint density at radius 2 is 2.12 bits per heavy atom. The number of hydrogen-bond donors (Lipinski definition) is 1. The third kappa shape index (κ3) is 4.46. The summed E-state index contributed by atoms with van der Waals surface area (Å²) in [7, 11) is 0. The highest BCUT2D eigenvalue weighted by Gasteiger charge is 2.21. The van der Waals surface area contributed by atoms with E-state index in [-0.39, 0.29) is 19.1 Å². The maximum Gasteiger partial charge on any atom is 0.277 e. The van der Waals surface area contributed by atoms with Crippen LogP contribution in [0.4, 0.5) is 5.82 Å². The Hall–Kier alpha value is -3.30. The first kappa shape index (κ1) is 22.9. The van der Waals surface area contributed by atoms with Crippen molar-refractivity contribution in [2.45, 2.75) is 33.4 Å². The Labute approximate surface area is 200 Å². The fourth-order valence-corrected chi connectivity index (χ4v) is 4.02. The molecule has 0 saturated heterocycles. The molecule has 0 unspecified atom stereocenters. The van der Waals surface area contributed by atoms with Gasteiger partial charge in [0.1, 0.15) is 5.82 Å². The molecule has 8 nitrogen and oxygen atoms in total. The van der Waals surface area contributed by atoms with E-state index in [1.165, 1.54) is 5.06 Å². The highest BCUT2D eigenvalue weighted by Crippen LogP contribution is 2.32. The summed E-state index contributed by atoms with van der Waals surface area (Å²) >= 11 is 3.38. The predicted molar refractivity (Wildman–Crippen MR) is 132 cm³/mol. The van der Waals surface area contributed by atoms with Crippen LogP contribution in [0.25, 0.3) is 21.8 Å². The molecule has 4 aromatic rings. The molecule has 0 saturated carbocycles. The molecule has 0 aliphatic carbocycles. The molecule has 170 valence electrons. The van der Waals surface area contributed by atoms with E-state index in [0.29, 0.717) is 29.1 Å². The minimum absolute atomic E-state index is 0.195. The Balaban J connectivity index is 1.79. The topological polar surface area (TPSA) is 99.2 Å². The van der Waals surface area contributed by atoms with Crippen molar-refractivity contribution in [1.82, 2.24) is 24.8 Å². The molecule has 3 heterocycles. The van der Waals surface area contributed by atoms with Crippen molar-refractivity contribution in [3.05, 3.63) is 70.6 Å². The second-order valence-corrected chi connectivity index (χ2v) is 8.38. The second-order valence-electron chi connectivity index (χ2n) is 7.46. The van der Waals surface area contributed by atoms with Crippen molar-refractivity contribution in [3.63, 3.8) is 0 Å². The molecule has 0 fully saturated rings. The number of rotatable bonds is 8. The normalized spacial score (nSPS) is 11.2. The average molecular weight is 509 g/mol. The fraction of sp³-hybridized carbons (Fsp3) is 0.250. The molecule has 9 heteroatoms. The molecule has 0 aliphatic rings. The molecule has 33 heavy (non-hydrogen) atoms. The van der Waals surface area contributed by atoms with Crippen LogP contribution in [0.5, 0.6) is 0 Å². The van der Waals surface area contributed by atoms with Crippen LogP contribution in [-0.2, 0) is 24.3 Å². The van der Waals surface area contributed by atoms with Crippen LogP contribution in [0.15, 0.2) is 53.7 Å². The molecule has 3 aromatic heterocycles. The zero-order valence-electron chi connectivity index (χ0n) is 18.6. The number of halogens is 1. The monoisotopic (exact) mass is 508 g/mol. The van der Waals surface area contributed by atoms with E-state index < -0.39 is 0 Å². The maximum absolute atomic E-state index is 13.4. The Kier molecular flexibility index (Phi) is 6.71. The number of nitrogens with two attached hydrogens (primary N) is 1. The van der Waals surface area contributed by atoms with Crippen molar-refractivity contribution < 1.29 is 9.63 Å².